The van der Waals surface area contributed by atoms with Crippen LogP contribution in [-0.4, -0.2) is 53.4 Å². The fraction of sp³-hybridized carbons (Fsp3) is 0.375. The molecular formula is C24H24F4N6O3S. The van der Waals surface area contributed by atoms with E-state index in [1.54, 1.807) is 29.2 Å². The number of halogens is 4. The van der Waals surface area contributed by atoms with E-state index in [9.17, 15) is 32.9 Å². The van der Waals surface area contributed by atoms with Crippen LogP contribution in [0.15, 0.2) is 35.4 Å². The van der Waals surface area contributed by atoms with Crippen molar-refractivity contribution in [2.24, 2.45) is 11.5 Å². The number of primary amides is 1. The van der Waals surface area contributed by atoms with Gasteiger partial charge in [0.15, 0.2) is 0 Å². The number of nitrogens with two attached hydrogens (primary N) is 2. The Labute approximate surface area is 220 Å². The van der Waals surface area contributed by atoms with Crippen molar-refractivity contribution in [1.29, 1.82) is 10.5 Å². The Morgan fingerprint density at radius 1 is 1.24 bits per heavy atom. The van der Waals surface area contributed by atoms with Gasteiger partial charge in [0.1, 0.15) is 34.4 Å². The molecule has 202 valence electrons. The smallest absolute Gasteiger partial charge is 0.475 e. The largest absolute Gasteiger partial charge is 0.490 e. The Bertz CT molecular complexity index is 1250. The minimum Gasteiger partial charge on any atom is -0.475 e. The number of amides is 1. The first-order valence-electron chi connectivity index (χ1n) is 11.2. The van der Waals surface area contributed by atoms with Crippen LogP contribution in [0.3, 0.4) is 0 Å². The van der Waals surface area contributed by atoms with Gasteiger partial charge in [-0.15, -0.1) is 0 Å². The summed E-state index contributed by atoms with van der Waals surface area (Å²) in [5, 5.41) is 26.3. The average Bonchev–Trinajstić information content (AvgIpc) is 2.87. The summed E-state index contributed by atoms with van der Waals surface area (Å²) in [6.07, 6.45) is -5.50. The molecule has 0 radical (unpaired) electrons. The van der Waals surface area contributed by atoms with E-state index in [0.717, 1.165) is 11.8 Å². The molecule has 1 amide bonds. The topological polar surface area (TPSA) is 170 Å². The number of aromatic nitrogens is 1. The Morgan fingerprint density at radius 2 is 1.82 bits per heavy atom. The van der Waals surface area contributed by atoms with E-state index in [2.05, 4.69) is 17.1 Å². The molecule has 0 saturated carbocycles. The normalized spacial score (nSPS) is 17.8. The molecule has 5 N–H and O–H groups in total. The maximum Gasteiger partial charge on any atom is 0.490 e. The van der Waals surface area contributed by atoms with Crippen molar-refractivity contribution in [2.45, 2.75) is 48.4 Å². The SMILES string of the molecule is CCc1c(C#N)c(S[C@@H](C(N)=O)c2ccccc2)nc(N2CC[C@H](N)[C@@H](F)C2)c1C#N.O=C(O)C(F)(F)F. The van der Waals surface area contributed by atoms with Crippen molar-refractivity contribution in [1.82, 2.24) is 4.98 Å². The third-order valence-electron chi connectivity index (χ3n) is 5.55. The molecule has 3 rings (SSSR count). The lowest BCUT2D eigenvalue weighted by atomic mass is 9.99. The van der Waals surface area contributed by atoms with Crippen LogP contribution < -0.4 is 16.4 Å². The first kappa shape index (κ1) is 30.3. The number of pyridine rings is 1. The molecule has 9 nitrogen and oxygen atoms in total. The highest BCUT2D eigenvalue weighted by Gasteiger charge is 2.38. The first-order valence-corrected chi connectivity index (χ1v) is 12.1. The number of nitrogens with zero attached hydrogens (tertiary/aromatic N) is 4. The second-order valence-electron chi connectivity index (χ2n) is 8.07. The number of carbonyl (C=O) groups is 2. The van der Waals surface area contributed by atoms with Gasteiger partial charge in [0.25, 0.3) is 0 Å². The summed E-state index contributed by atoms with van der Waals surface area (Å²) in [6, 6.07) is 12.7. The Kier molecular flexibility index (Phi) is 10.4. The van der Waals surface area contributed by atoms with Crippen molar-refractivity contribution in [3.05, 3.63) is 52.6 Å². The molecule has 0 unspecified atom stereocenters. The molecule has 1 aliphatic rings. The summed E-state index contributed by atoms with van der Waals surface area (Å²) in [6.45, 7) is 2.29. The zero-order chi connectivity index (χ0) is 28.6. The molecule has 1 fully saturated rings. The number of aliphatic carboxylic acids is 1. The molecule has 0 bridgehead atoms. The molecule has 1 aromatic carbocycles. The van der Waals surface area contributed by atoms with Crippen LogP contribution in [0, 0.1) is 22.7 Å². The maximum atomic E-state index is 14.3. The number of alkyl halides is 4. The Balaban J connectivity index is 0.000000638. The van der Waals surface area contributed by atoms with Gasteiger partial charge in [-0.2, -0.15) is 23.7 Å². The molecular weight excluding hydrogens is 528 g/mol. The third kappa shape index (κ3) is 7.34. The number of hydrogen-bond donors (Lipinski definition) is 3. The summed E-state index contributed by atoms with van der Waals surface area (Å²) in [7, 11) is 0. The number of benzene rings is 1. The highest BCUT2D eigenvalue weighted by molar-refractivity contribution is 8.00. The van der Waals surface area contributed by atoms with Gasteiger partial charge in [-0.1, -0.05) is 49.0 Å². The fourth-order valence-corrected chi connectivity index (χ4v) is 4.70. The number of carboxylic acids is 1. The number of thioether (sulfide) groups is 1. The second-order valence-corrected chi connectivity index (χ2v) is 9.17. The molecule has 1 saturated heterocycles. The first-order chi connectivity index (χ1) is 17.8. The summed E-state index contributed by atoms with van der Waals surface area (Å²) in [5.41, 5.74) is 13.1. The maximum absolute atomic E-state index is 14.3. The molecule has 1 aromatic heterocycles. The fourth-order valence-electron chi connectivity index (χ4n) is 3.64. The van der Waals surface area contributed by atoms with Crippen LogP contribution in [0.25, 0.3) is 0 Å². The Morgan fingerprint density at radius 3 is 2.26 bits per heavy atom. The van der Waals surface area contributed by atoms with Crippen LogP contribution in [0.2, 0.25) is 0 Å². The van der Waals surface area contributed by atoms with Crippen LogP contribution in [0.4, 0.5) is 23.4 Å². The van der Waals surface area contributed by atoms with Crippen molar-refractivity contribution in [3.63, 3.8) is 0 Å². The summed E-state index contributed by atoms with van der Waals surface area (Å²) in [4.78, 5) is 27.4. The number of rotatable bonds is 6. The van der Waals surface area contributed by atoms with E-state index < -0.39 is 35.5 Å². The monoisotopic (exact) mass is 552 g/mol. The van der Waals surface area contributed by atoms with Gasteiger partial charge in [-0.3, -0.25) is 4.79 Å². The lowest BCUT2D eigenvalue weighted by molar-refractivity contribution is -0.192. The average molecular weight is 553 g/mol. The van der Waals surface area contributed by atoms with E-state index in [1.807, 2.05) is 13.0 Å². The predicted octanol–water partition coefficient (Wildman–Crippen LogP) is 3.21. The van der Waals surface area contributed by atoms with Crippen molar-refractivity contribution in [3.8, 4) is 12.1 Å². The molecule has 0 spiro atoms. The van der Waals surface area contributed by atoms with Crippen LogP contribution in [0.1, 0.15) is 40.8 Å². The number of carbonyl (C=O) groups excluding carboxylic acids is 1. The number of anilines is 1. The molecule has 2 aromatic rings. The van der Waals surface area contributed by atoms with Crippen LogP contribution in [0.5, 0.6) is 0 Å². The number of piperidine rings is 1. The lowest BCUT2D eigenvalue weighted by Crippen LogP contribution is -2.49. The minimum absolute atomic E-state index is 0.0138. The van der Waals surface area contributed by atoms with Crippen molar-refractivity contribution >= 4 is 29.5 Å². The van der Waals surface area contributed by atoms with E-state index >= 15 is 0 Å². The summed E-state index contributed by atoms with van der Waals surface area (Å²) >= 11 is 1.07. The molecule has 1 aliphatic heterocycles. The van der Waals surface area contributed by atoms with E-state index in [4.69, 9.17) is 21.4 Å². The zero-order valence-corrected chi connectivity index (χ0v) is 20.9. The van der Waals surface area contributed by atoms with Crippen molar-refractivity contribution in [2.75, 3.05) is 18.0 Å². The van der Waals surface area contributed by atoms with Gasteiger partial charge in [0, 0.05) is 12.6 Å². The van der Waals surface area contributed by atoms with Crippen molar-refractivity contribution < 1.29 is 32.3 Å². The molecule has 0 aliphatic carbocycles. The van der Waals surface area contributed by atoms with E-state index in [1.165, 1.54) is 0 Å². The second kappa shape index (κ2) is 13.1. The van der Waals surface area contributed by atoms with Gasteiger partial charge in [0.05, 0.1) is 17.7 Å². The van der Waals surface area contributed by atoms with Gasteiger partial charge < -0.3 is 21.5 Å². The Hall–Kier alpha value is -3.88. The molecule has 38 heavy (non-hydrogen) atoms. The zero-order valence-electron chi connectivity index (χ0n) is 20.1. The standard InChI is InChI=1S/C22H23FN6OS.C2HF3O2/c1-2-14-15(10-24)21(29-9-8-18(26)17(23)12-29)28-22(16(14)11-25)31-19(20(27)30)13-6-4-3-5-7-13;3-2(4,5)1(6)7/h3-7,17-19H,2,8-9,12,26H2,1H3,(H2,27,30);(H,6,7)/t17-,18-,19+;/m0./s1. The lowest BCUT2D eigenvalue weighted by Gasteiger charge is -2.34. The number of carboxylic acid groups (broad SMARTS) is 1. The highest BCUT2D eigenvalue weighted by Crippen LogP contribution is 2.40. The molecule has 14 heteroatoms. The minimum atomic E-state index is -5.08. The van der Waals surface area contributed by atoms with Gasteiger partial charge >= 0.3 is 12.1 Å². The van der Waals surface area contributed by atoms with Gasteiger partial charge in [-0.05, 0) is 24.0 Å². The predicted molar refractivity (Wildman–Crippen MR) is 131 cm³/mol. The van der Waals surface area contributed by atoms with Crippen LogP contribution >= 0.6 is 11.8 Å². The van der Waals surface area contributed by atoms with Crippen LogP contribution in [-0.2, 0) is 16.0 Å². The number of nitriles is 2. The van der Waals surface area contributed by atoms with Gasteiger partial charge in [0.2, 0.25) is 5.91 Å². The van der Waals surface area contributed by atoms with Gasteiger partial charge in [-0.25, -0.2) is 14.2 Å². The third-order valence-corrected chi connectivity index (χ3v) is 6.81. The summed E-state index contributed by atoms with van der Waals surface area (Å²) < 4.78 is 46.1. The molecule has 2 heterocycles. The quantitative estimate of drug-likeness (QED) is 0.360. The molecule has 3 atom stereocenters. The summed E-state index contributed by atoms with van der Waals surface area (Å²) in [5.74, 6) is -3.02. The van der Waals surface area contributed by atoms with E-state index in [-0.39, 0.29) is 17.7 Å². The number of hydrogen-bond acceptors (Lipinski definition) is 8. The highest BCUT2D eigenvalue weighted by atomic mass is 32.2. The van der Waals surface area contributed by atoms with E-state index in [0.29, 0.717) is 41.4 Å².